The number of anilines is 2. The van der Waals surface area contributed by atoms with E-state index < -0.39 is 0 Å². The van der Waals surface area contributed by atoms with Gasteiger partial charge in [0.1, 0.15) is 10.5 Å². The Bertz CT molecular complexity index is 1310. The van der Waals surface area contributed by atoms with Crippen molar-refractivity contribution in [2.45, 2.75) is 6.92 Å². The summed E-state index contributed by atoms with van der Waals surface area (Å²) in [4.78, 5) is 9.24. The van der Waals surface area contributed by atoms with E-state index in [0.717, 1.165) is 27.5 Å². The highest BCUT2D eigenvalue weighted by Gasteiger charge is 2.10. The molecule has 0 aliphatic rings. The fourth-order valence-corrected chi connectivity index (χ4v) is 4.23. The number of nitrogens with zero attached hydrogens (tertiary/aromatic N) is 2. The van der Waals surface area contributed by atoms with E-state index in [2.05, 4.69) is 34.7 Å². The van der Waals surface area contributed by atoms with Crippen LogP contribution in [-0.2, 0) is 0 Å². The maximum atomic E-state index is 6.01. The van der Waals surface area contributed by atoms with Gasteiger partial charge >= 0.3 is 0 Å². The van der Waals surface area contributed by atoms with Gasteiger partial charge in [0.15, 0.2) is 5.58 Å². The number of halogens is 1. The smallest absolute Gasteiger partial charge is 0.300 e. The molecule has 0 atom stereocenters. The highest BCUT2D eigenvalue weighted by atomic mass is 35.5. The van der Waals surface area contributed by atoms with Crippen molar-refractivity contribution in [3.8, 4) is 21.8 Å². The number of rotatable bonds is 4. The average molecular weight is 418 g/mol. The van der Waals surface area contributed by atoms with Crippen molar-refractivity contribution in [2.24, 2.45) is 0 Å². The minimum absolute atomic E-state index is 0.436. The van der Waals surface area contributed by atoms with Crippen LogP contribution >= 0.6 is 22.9 Å². The molecule has 29 heavy (non-hydrogen) atoms. The molecule has 0 amide bonds. The van der Waals surface area contributed by atoms with Crippen molar-refractivity contribution in [3.63, 3.8) is 0 Å². The molecule has 0 saturated heterocycles. The third-order valence-electron chi connectivity index (χ3n) is 4.66. The Kier molecular flexibility index (Phi) is 4.54. The first kappa shape index (κ1) is 17.9. The predicted molar refractivity (Wildman–Crippen MR) is 120 cm³/mol. The van der Waals surface area contributed by atoms with Crippen LogP contribution in [0.5, 0.6) is 0 Å². The molecule has 2 aromatic heterocycles. The van der Waals surface area contributed by atoms with E-state index in [1.165, 1.54) is 11.1 Å². The fraction of sp³-hybridized carbons (Fsp3) is 0.0435. The van der Waals surface area contributed by atoms with E-state index in [1.807, 2.05) is 42.5 Å². The fourth-order valence-electron chi connectivity index (χ4n) is 3.14. The summed E-state index contributed by atoms with van der Waals surface area (Å²) >= 11 is 7.67. The second-order valence-electron chi connectivity index (χ2n) is 6.69. The summed E-state index contributed by atoms with van der Waals surface area (Å²) in [6.45, 7) is 2.11. The number of fused-ring (bicyclic) bond motifs is 1. The van der Waals surface area contributed by atoms with Crippen LogP contribution in [0.1, 0.15) is 5.56 Å². The lowest BCUT2D eigenvalue weighted by molar-refractivity contribution is 0.623. The van der Waals surface area contributed by atoms with Gasteiger partial charge in [-0.15, -0.1) is 11.3 Å². The Hall–Kier alpha value is -3.15. The van der Waals surface area contributed by atoms with Gasteiger partial charge in [-0.3, -0.25) is 0 Å². The van der Waals surface area contributed by atoms with Gasteiger partial charge in [-0.25, -0.2) is 4.98 Å². The van der Waals surface area contributed by atoms with Crippen LogP contribution in [0.4, 0.5) is 11.7 Å². The van der Waals surface area contributed by atoms with Crippen molar-refractivity contribution in [1.29, 1.82) is 0 Å². The van der Waals surface area contributed by atoms with E-state index in [0.29, 0.717) is 16.6 Å². The van der Waals surface area contributed by atoms with Gasteiger partial charge < -0.3 is 9.73 Å². The minimum Gasteiger partial charge on any atom is -0.423 e. The molecule has 4 nitrogen and oxygen atoms in total. The highest BCUT2D eigenvalue weighted by molar-refractivity contribution is 7.13. The van der Waals surface area contributed by atoms with E-state index >= 15 is 0 Å². The van der Waals surface area contributed by atoms with Crippen LogP contribution < -0.4 is 5.32 Å². The molecule has 142 valence electrons. The standard InChI is InChI=1S/C23H16ClN3OS/c1-14-4-2-3-5-18(14)22-26-20(13-29-22)15-6-9-17(10-7-15)25-23-27-19-12-16(24)8-11-21(19)28-23/h2-13H,1H3,(H,25,27). The van der Waals surface area contributed by atoms with Crippen molar-refractivity contribution < 1.29 is 4.42 Å². The van der Waals surface area contributed by atoms with Crippen molar-refractivity contribution in [2.75, 3.05) is 5.32 Å². The largest absolute Gasteiger partial charge is 0.423 e. The number of aryl methyl sites for hydroxylation is 1. The summed E-state index contributed by atoms with van der Waals surface area (Å²) < 4.78 is 5.71. The molecule has 5 aromatic rings. The first-order valence-corrected chi connectivity index (χ1v) is 10.4. The van der Waals surface area contributed by atoms with Gasteiger partial charge in [-0.1, -0.05) is 48.0 Å². The number of thiazole rings is 1. The second kappa shape index (κ2) is 7.35. The van der Waals surface area contributed by atoms with Crippen LogP contribution in [0, 0.1) is 6.92 Å². The third kappa shape index (κ3) is 3.62. The number of hydrogen-bond acceptors (Lipinski definition) is 5. The zero-order valence-electron chi connectivity index (χ0n) is 15.5. The lowest BCUT2D eigenvalue weighted by Gasteiger charge is -2.03. The van der Waals surface area contributed by atoms with E-state index in [4.69, 9.17) is 21.0 Å². The highest BCUT2D eigenvalue weighted by Crippen LogP contribution is 2.31. The van der Waals surface area contributed by atoms with Gasteiger partial charge in [0.25, 0.3) is 6.01 Å². The van der Waals surface area contributed by atoms with Gasteiger partial charge in [-0.05, 0) is 42.8 Å². The summed E-state index contributed by atoms with van der Waals surface area (Å²) in [5.74, 6) is 0. The monoisotopic (exact) mass is 417 g/mol. The molecule has 0 aliphatic heterocycles. The summed E-state index contributed by atoms with van der Waals surface area (Å²) in [7, 11) is 0. The summed E-state index contributed by atoms with van der Waals surface area (Å²) in [6, 6.07) is 22.2. The molecule has 2 heterocycles. The molecule has 3 aromatic carbocycles. The van der Waals surface area contributed by atoms with E-state index in [1.54, 1.807) is 23.5 Å². The molecule has 0 aliphatic carbocycles. The molecule has 1 N–H and O–H groups in total. The summed E-state index contributed by atoms with van der Waals surface area (Å²) in [6.07, 6.45) is 0. The zero-order chi connectivity index (χ0) is 19.8. The SMILES string of the molecule is Cc1ccccc1-c1nc(-c2ccc(Nc3nc4cc(Cl)ccc4o3)cc2)cs1. The normalized spacial score (nSPS) is 11.1. The van der Waals surface area contributed by atoms with E-state index in [9.17, 15) is 0 Å². The first-order chi connectivity index (χ1) is 14.2. The van der Waals surface area contributed by atoms with Gasteiger partial charge in [0.05, 0.1) is 5.69 Å². The predicted octanol–water partition coefficient (Wildman–Crippen LogP) is 7.32. The number of benzene rings is 3. The molecular formula is C23H16ClN3OS. The summed E-state index contributed by atoms with van der Waals surface area (Å²) in [5.41, 5.74) is 6.75. The molecule has 5 rings (SSSR count). The Morgan fingerprint density at radius 3 is 2.62 bits per heavy atom. The molecule has 0 fully saturated rings. The Morgan fingerprint density at radius 1 is 0.966 bits per heavy atom. The van der Waals surface area contributed by atoms with Crippen LogP contribution in [0.2, 0.25) is 5.02 Å². The number of nitrogens with one attached hydrogen (secondary N) is 1. The van der Waals surface area contributed by atoms with Crippen LogP contribution in [0.25, 0.3) is 32.9 Å². The Morgan fingerprint density at radius 2 is 1.79 bits per heavy atom. The molecule has 0 saturated carbocycles. The Labute approximate surface area is 176 Å². The lowest BCUT2D eigenvalue weighted by Crippen LogP contribution is -1.90. The van der Waals surface area contributed by atoms with Crippen LogP contribution in [0.15, 0.2) is 76.5 Å². The zero-order valence-corrected chi connectivity index (χ0v) is 17.1. The second-order valence-corrected chi connectivity index (χ2v) is 7.98. The maximum absolute atomic E-state index is 6.01. The number of hydrogen-bond donors (Lipinski definition) is 1. The molecule has 6 heteroatoms. The molecular weight excluding hydrogens is 402 g/mol. The van der Waals surface area contributed by atoms with E-state index in [-0.39, 0.29) is 0 Å². The Balaban J connectivity index is 1.37. The quantitative estimate of drug-likeness (QED) is 0.332. The summed E-state index contributed by atoms with van der Waals surface area (Å²) in [5, 5.41) is 6.95. The molecule has 0 spiro atoms. The lowest BCUT2D eigenvalue weighted by atomic mass is 10.1. The molecule has 0 radical (unpaired) electrons. The topological polar surface area (TPSA) is 51.0 Å². The van der Waals surface area contributed by atoms with Gasteiger partial charge in [-0.2, -0.15) is 4.98 Å². The van der Waals surface area contributed by atoms with Crippen molar-refractivity contribution >= 4 is 45.7 Å². The van der Waals surface area contributed by atoms with Crippen molar-refractivity contribution in [1.82, 2.24) is 9.97 Å². The maximum Gasteiger partial charge on any atom is 0.300 e. The first-order valence-electron chi connectivity index (χ1n) is 9.11. The van der Waals surface area contributed by atoms with Crippen LogP contribution in [-0.4, -0.2) is 9.97 Å². The van der Waals surface area contributed by atoms with Gasteiger partial charge in [0.2, 0.25) is 0 Å². The molecule has 0 bridgehead atoms. The van der Waals surface area contributed by atoms with Gasteiger partial charge in [0, 0.05) is 27.2 Å². The number of oxazole rings is 1. The van der Waals surface area contributed by atoms with Crippen molar-refractivity contribution in [3.05, 3.63) is 82.7 Å². The molecule has 0 unspecified atom stereocenters. The average Bonchev–Trinajstić information content (AvgIpc) is 3.35. The minimum atomic E-state index is 0.436. The number of aromatic nitrogens is 2. The van der Waals surface area contributed by atoms with Crippen LogP contribution in [0.3, 0.4) is 0 Å². The third-order valence-corrected chi connectivity index (χ3v) is 5.77.